The third-order valence-electron chi connectivity index (χ3n) is 4.06. The predicted molar refractivity (Wildman–Crippen MR) is 73.6 cm³/mol. The van der Waals surface area contributed by atoms with Crippen molar-refractivity contribution in [3.63, 3.8) is 0 Å². The van der Waals surface area contributed by atoms with E-state index in [1.165, 1.54) is 6.42 Å². The van der Waals surface area contributed by atoms with Gasteiger partial charge in [0.05, 0.1) is 6.04 Å². The Kier molecular flexibility index (Phi) is 3.53. The van der Waals surface area contributed by atoms with Gasteiger partial charge in [-0.1, -0.05) is 42.5 Å². The molecule has 2 aliphatic rings. The lowest BCUT2D eigenvalue weighted by atomic mass is 9.90. The van der Waals surface area contributed by atoms with Crippen LogP contribution in [0.2, 0.25) is 0 Å². The molecule has 0 spiro atoms. The van der Waals surface area contributed by atoms with E-state index in [9.17, 15) is 4.79 Å². The van der Waals surface area contributed by atoms with E-state index in [1.54, 1.807) is 0 Å². The lowest BCUT2D eigenvalue weighted by Crippen LogP contribution is -2.37. The highest BCUT2D eigenvalue weighted by Crippen LogP contribution is 2.32. The minimum absolute atomic E-state index is 0.178. The van der Waals surface area contributed by atoms with Crippen LogP contribution in [0.25, 0.3) is 0 Å². The van der Waals surface area contributed by atoms with Crippen LogP contribution >= 0.6 is 0 Å². The number of amides is 1. The summed E-state index contributed by atoms with van der Waals surface area (Å²) in [5.74, 6) is 0.634. The molecule has 0 bridgehead atoms. The lowest BCUT2D eigenvalue weighted by molar-refractivity contribution is 0.0941. The van der Waals surface area contributed by atoms with Crippen LogP contribution in [0.1, 0.15) is 24.8 Å². The molecule has 1 heterocycles. The SMILES string of the molecule is O=C(OCc1ccccc1)N1CCC2CCC=CC21. The molecule has 1 aliphatic carbocycles. The fourth-order valence-electron chi connectivity index (χ4n) is 3.02. The minimum atomic E-state index is -0.178. The van der Waals surface area contributed by atoms with Crippen LogP contribution in [-0.2, 0) is 11.3 Å². The summed E-state index contributed by atoms with van der Waals surface area (Å²) >= 11 is 0. The molecule has 0 N–H and O–H groups in total. The van der Waals surface area contributed by atoms with Crippen LogP contribution in [0.15, 0.2) is 42.5 Å². The Morgan fingerprint density at radius 1 is 1.26 bits per heavy atom. The summed E-state index contributed by atoms with van der Waals surface area (Å²) in [4.78, 5) is 14.0. The van der Waals surface area contributed by atoms with Crippen molar-refractivity contribution in [1.29, 1.82) is 0 Å². The number of nitrogens with zero attached hydrogens (tertiary/aromatic N) is 1. The number of allylic oxidation sites excluding steroid dienone is 1. The Morgan fingerprint density at radius 3 is 2.95 bits per heavy atom. The molecule has 1 aromatic carbocycles. The number of rotatable bonds is 2. The minimum Gasteiger partial charge on any atom is -0.445 e. The zero-order valence-electron chi connectivity index (χ0n) is 11.0. The quantitative estimate of drug-likeness (QED) is 0.760. The molecular formula is C16H19NO2. The fraction of sp³-hybridized carbons (Fsp3) is 0.438. The predicted octanol–water partition coefficient (Wildman–Crippen LogP) is 3.36. The second-order valence-corrected chi connectivity index (χ2v) is 5.28. The summed E-state index contributed by atoms with van der Waals surface area (Å²) in [5.41, 5.74) is 1.03. The third kappa shape index (κ3) is 2.65. The van der Waals surface area contributed by atoms with Crippen LogP contribution in [0, 0.1) is 5.92 Å². The van der Waals surface area contributed by atoms with E-state index < -0.39 is 0 Å². The fourth-order valence-corrected chi connectivity index (χ4v) is 3.02. The Balaban J connectivity index is 1.59. The molecule has 1 aliphatic heterocycles. The molecule has 100 valence electrons. The van der Waals surface area contributed by atoms with E-state index in [0.717, 1.165) is 24.9 Å². The van der Waals surface area contributed by atoms with Crippen molar-refractivity contribution in [3.05, 3.63) is 48.0 Å². The first kappa shape index (κ1) is 12.3. The number of carbonyl (C=O) groups is 1. The molecule has 3 heteroatoms. The van der Waals surface area contributed by atoms with Gasteiger partial charge in [-0.2, -0.15) is 0 Å². The van der Waals surface area contributed by atoms with Gasteiger partial charge in [0.15, 0.2) is 0 Å². The lowest BCUT2D eigenvalue weighted by Gasteiger charge is -2.27. The highest BCUT2D eigenvalue weighted by Gasteiger charge is 2.36. The first-order valence-corrected chi connectivity index (χ1v) is 6.98. The highest BCUT2D eigenvalue weighted by molar-refractivity contribution is 5.69. The van der Waals surface area contributed by atoms with Gasteiger partial charge in [-0.05, 0) is 30.7 Å². The number of hydrogen-bond acceptors (Lipinski definition) is 2. The Labute approximate surface area is 113 Å². The standard InChI is InChI=1S/C16H19NO2/c18-16(19-12-13-6-2-1-3-7-13)17-11-10-14-8-4-5-9-15(14)17/h1-3,5-7,9,14-15H,4,8,10-12H2. The van der Waals surface area contributed by atoms with E-state index >= 15 is 0 Å². The third-order valence-corrected chi connectivity index (χ3v) is 4.06. The van der Waals surface area contributed by atoms with Gasteiger partial charge >= 0.3 is 6.09 Å². The normalized spacial score (nSPS) is 25.2. The van der Waals surface area contributed by atoms with E-state index in [4.69, 9.17) is 4.74 Å². The van der Waals surface area contributed by atoms with Gasteiger partial charge in [0.25, 0.3) is 0 Å². The molecule has 19 heavy (non-hydrogen) atoms. The van der Waals surface area contributed by atoms with E-state index in [1.807, 2.05) is 35.2 Å². The van der Waals surface area contributed by atoms with E-state index in [0.29, 0.717) is 12.5 Å². The summed E-state index contributed by atoms with van der Waals surface area (Å²) < 4.78 is 5.41. The number of likely N-dealkylation sites (tertiary alicyclic amines) is 1. The zero-order valence-corrected chi connectivity index (χ0v) is 11.0. The Hall–Kier alpha value is -1.77. The molecule has 2 atom stereocenters. The van der Waals surface area contributed by atoms with Crippen molar-refractivity contribution in [2.45, 2.75) is 31.9 Å². The van der Waals surface area contributed by atoms with Gasteiger partial charge in [0.2, 0.25) is 0 Å². The van der Waals surface area contributed by atoms with Gasteiger partial charge in [0, 0.05) is 6.54 Å². The molecule has 3 rings (SSSR count). The zero-order chi connectivity index (χ0) is 13.1. The van der Waals surface area contributed by atoms with Crippen molar-refractivity contribution in [2.24, 2.45) is 5.92 Å². The van der Waals surface area contributed by atoms with Gasteiger partial charge < -0.3 is 9.64 Å². The summed E-state index contributed by atoms with van der Waals surface area (Å²) in [6.07, 6.45) is 7.63. The van der Waals surface area contributed by atoms with Crippen molar-refractivity contribution in [2.75, 3.05) is 6.54 Å². The summed E-state index contributed by atoms with van der Waals surface area (Å²) in [6, 6.07) is 10.1. The molecule has 2 unspecified atom stereocenters. The number of ether oxygens (including phenoxy) is 1. The average molecular weight is 257 g/mol. The summed E-state index contributed by atoms with van der Waals surface area (Å²) in [6.45, 7) is 1.19. The Bertz CT molecular complexity index is 469. The maximum absolute atomic E-state index is 12.1. The van der Waals surface area contributed by atoms with Crippen LogP contribution in [0.5, 0.6) is 0 Å². The molecule has 0 saturated carbocycles. The van der Waals surface area contributed by atoms with Crippen molar-refractivity contribution in [3.8, 4) is 0 Å². The van der Waals surface area contributed by atoms with Gasteiger partial charge in [0.1, 0.15) is 6.61 Å². The molecule has 1 amide bonds. The second kappa shape index (κ2) is 5.47. The monoisotopic (exact) mass is 257 g/mol. The van der Waals surface area contributed by atoms with Gasteiger partial charge in [-0.15, -0.1) is 0 Å². The molecular weight excluding hydrogens is 238 g/mol. The smallest absolute Gasteiger partial charge is 0.410 e. The Morgan fingerprint density at radius 2 is 2.11 bits per heavy atom. The van der Waals surface area contributed by atoms with Crippen molar-refractivity contribution >= 4 is 6.09 Å². The van der Waals surface area contributed by atoms with Crippen LogP contribution < -0.4 is 0 Å². The topological polar surface area (TPSA) is 29.5 Å². The largest absolute Gasteiger partial charge is 0.445 e. The van der Waals surface area contributed by atoms with E-state index in [-0.39, 0.29) is 12.1 Å². The molecule has 1 aromatic rings. The van der Waals surface area contributed by atoms with Crippen molar-refractivity contribution in [1.82, 2.24) is 4.90 Å². The van der Waals surface area contributed by atoms with Crippen molar-refractivity contribution < 1.29 is 9.53 Å². The average Bonchev–Trinajstić information content (AvgIpc) is 2.90. The number of carbonyl (C=O) groups excluding carboxylic acids is 1. The van der Waals surface area contributed by atoms with Crippen LogP contribution in [0.3, 0.4) is 0 Å². The maximum Gasteiger partial charge on any atom is 0.410 e. The first-order chi connectivity index (χ1) is 9.34. The van der Waals surface area contributed by atoms with Gasteiger partial charge in [-0.25, -0.2) is 4.79 Å². The number of hydrogen-bond donors (Lipinski definition) is 0. The second-order valence-electron chi connectivity index (χ2n) is 5.28. The van der Waals surface area contributed by atoms with Crippen LogP contribution in [-0.4, -0.2) is 23.6 Å². The number of benzene rings is 1. The molecule has 0 radical (unpaired) electrons. The molecule has 1 fully saturated rings. The van der Waals surface area contributed by atoms with Gasteiger partial charge in [-0.3, -0.25) is 0 Å². The summed E-state index contributed by atoms with van der Waals surface area (Å²) in [5, 5.41) is 0. The van der Waals surface area contributed by atoms with E-state index in [2.05, 4.69) is 12.2 Å². The highest BCUT2D eigenvalue weighted by atomic mass is 16.6. The molecule has 3 nitrogen and oxygen atoms in total. The maximum atomic E-state index is 12.1. The van der Waals surface area contributed by atoms with Crippen LogP contribution in [0.4, 0.5) is 4.79 Å². The molecule has 0 aromatic heterocycles. The number of fused-ring (bicyclic) bond motifs is 1. The molecule has 1 saturated heterocycles. The summed E-state index contributed by atoms with van der Waals surface area (Å²) in [7, 11) is 0. The first-order valence-electron chi connectivity index (χ1n) is 6.98.